The first-order valence-corrected chi connectivity index (χ1v) is 4.04. The van der Waals surface area contributed by atoms with Crippen LogP contribution >= 0.6 is 0 Å². The van der Waals surface area contributed by atoms with E-state index in [1.54, 1.807) is 0 Å². The largest absolute Gasteiger partial charge is 0.370 e. The molecule has 0 rings (SSSR count). The van der Waals surface area contributed by atoms with Crippen LogP contribution in [0.4, 0.5) is 4.79 Å². The smallest absolute Gasteiger partial charge is 0.314 e. The maximum Gasteiger partial charge on any atom is 0.314 e. The lowest BCUT2D eigenvalue weighted by atomic mass is 10.6. The predicted molar refractivity (Wildman–Crippen MR) is 47.1 cm³/mol. The minimum Gasteiger partial charge on any atom is -0.370 e. The molecule has 0 atom stereocenters. The standard InChI is InChI=1S/C7H15N3O3/c1-2-9-7(12)10-3-4-13-5-6(8)11/h2-5H2,1H3,(H2,8,11)(H2,9,10,12). The third kappa shape index (κ3) is 8.61. The Morgan fingerprint density at radius 1 is 1.38 bits per heavy atom. The zero-order valence-corrected chi connectivity index (χ0v) is 7.63. The summed E-state index contributed by atoms with van der Waals surface area (Å²) in [4.78, 5) is 21.0. The van der Waals surface area contributed by atoms with Gasteiger partial charge in [0.15, 0.2) is 0 Å². The van der Waals surface area contributed by atoms with E-state index in [1.165, 1.54) is 0 Å². The molecule has 0 unspecified atom stereocenters. The number of hydrogen-bond donors (Lipinski definition) is 3. The van der Waals surface area contributed by atoms with Crippen LogP contribution in [0.5, 0.6) is 0 Å². The molecule has 0 bridgehead atoms. The fourth-order valence-corrected chi connectivity index (χ4v) is 0.633. The molecule has 0 aromatic carbocycles. The summed E-state index contributed by atoms with van der Waals surface area (Å²) >= 11 is 0. The minimum atomic E-state index is -0.516. The normalized spacial score (nSPS) is 9.31. The zero-order valence-electron chi connectivity index (χ0n) is 7.63. The molecule has 6 heteroatoms. The lowest BCUT2D eigenvalue weighted by Crippen LogP contribution is -2.37. The third-order valence-electron chi connectivity index (χ3n) is 1.11. The molecule has 76 valence electrons. The van der Waals surface area contributed by atoms with Gasteiger partial charge in [0.1, 0.15) is 6.61 Å². The maximum atomic E-state index is 10.8. The van der Waals surface area contributed by atoms with E-state index < -0.39 is 5.91 Å². The molecule has 0 saturated heterocycles. The van der Waals surface area contributed by atoms with Gasteiger partial charge in [0.2, 0.25) is 5.91 Å². The van der Waals surface area contributed by atoms with Crippen molar-refractivity contribution in [1.29, 1.82) is 0 Å². The number of nitrogens with one attached hydrogen (secondary N) is 2. The molecule has 0 aliphatic carbocycles. The highest BCUT2D eigenvalue weighted by atomic mass is 16.5. The number of nitrogens with two attached hydrogens (primary N) is 1. The van der Waals surface area contributed by atoms with Gasteiger partial charge < -0.3 is 21.1 Å². The van der Waals surface area contributed by atoms with Crippen molar-refractivity contribution in [2.75, 3.05) is 26.3 Å². The summed E-state index contributed by atoms with van der Waals surface area (Å²) in [5.41, 5.74) is 4.82. The van der Waals surface area contributed by atoms with E-state index in [2.05, 4.69) is 10.6 Å². The fraction of sp³-hybridized carbons (Fsp3) is 0.714. The number of amides is 3. The number of primary amides is 1. The maximum absolute atomic E-state index is 10.8. The molecule has 3 amide bonds. The number of carbonyl (C=O) groups excluding carboxylic acids is 2. The average molecular weight is 189 g/mol. The molecule has 0 heterocycles. The number of urea groups is 1. The van der Waals surface area contributed by atoms with Crippen molar-refractivity contribution in [2.45, 2.75) is 6.92 Å². The van der Waals surface area contributed by atoms with Crippen molar-refractivity contribution in [2.24, 2.45) is 5.73 Å². The van der Waals surface area contributed by atoms with Gasteiger partial charge in [-0.25, -0.2) is 4.79 Å². The molecule has 0 fully saturated rings. The SMILES string of the molecule is CCNC(=O)NCCOCC(N)=O. The Morgan fingerprint density at radius 3 is 2.62 bits per heavy atom. The highest BCUT2D eigenvalue weighted by molar-refractivity contribution is 5.75. The summed E-state index contributed by atoms with van der Waals surface area (Å²) in [7, 11) is 0. The molecule has 0 spiro atoms. The topological polar surface area (TPSA) is 93.4 Å². The van der Waals surface area contributed by atoms with Crippen molar-refractivity contribution in [1.82, 2.24) is 10.6 Å². The van der Waals surface area contributed by atoms with Gasteiger partial charge in [-0.15, -0.1) is 0 Å². The average Bonchev–Trinajstić information content (AvgIpc) is 2.03. The second-order valence-electron chi connectivity index (χ2n) is 2.31. The first-order chi connectivity index (χ1) is 6.16. The molecule has 0 aromatic rings. The van der Waals surface area contributed by atoms with Gasteiger partial charge in [0.05, 0.1) is 6.61 Å². The van der Waals surface area contributed by atoms with Crippen molar-refractivity contribution in [3.8, 4) is 0 Å². The first kappa shape index (κ1) is 11.7. The molecule has 0 aliphatic heterocycles. The van der Waals surface area contributed by atoms with E-state index in [9.17, 15) is 9.59 Å². The van der Waals surface area contributed by atoms with Crippen LogP contribution in [-0.4, -0.2) is 38.2 Å². The summed E-state index contributed by atoms with van der Waals surface area (Å²) in [5.74, 6) is -0.516. The van der Waals surface area contributed by atoms with Crippen LogP contribution in [0.3, 0.4) is 0 Å². The van der Waals surface area contributed by atoms with Gasteiger partial charge in [-0.05, 0) is 6.92 Å². The van der Waals surface area contributed by atoms with E-state index in [-0.39, 0.29) is 19.2 Å². The van der Waals surface area contributed by atoms with Crippen LogP contribution in [0, 0.1) is 0 Å². The lowest BCUT2D eigenvalue weighted by molar-refractivity contribution is -0.122. The van der Waals surface area contributed by atoms with Crippen molar-refractivity contribution < 1.29 is 14.3 Å². The Bertz CT molecular complexity index is 172. The molecule has 4 N–H and O–H groups in total. The third-order valence-corrected chi connectivity index (χ3v) is 1.11. The predicted octanol–water partition coefficient (Wildman–Crippen LogP) is -1.19. The molecule has 0 radical (unpaired) electrons. The Labute approximate surface area is 76.8 Å². The molecule has 13 heavy (non-hydrogen) atoms. The van der Waals surface area contributed by atoms with Gasteiger partial charge in [-0.3, -0.25) is 4.79 Å². The van der Waals surface area contributed by atoms with Crippen LogP contribution in [-0.2, 0) is 9.53 Å². The van der Waals surface area contributed by atoms with E-state index in [1.807, 2.05) is 6.92 Å². The highest BCUT2D eigenvalue weighted by Gasteiger charge is 1.97. The molecule has 6 nitrogen and oxygen atoms in total. The molecule has 0 aliphatic rings. The number of ether oxygens (including phenoxy) is 1. The molecular formula is C7H15N3O3. The van der Waals surface area contributed by atoms with Crippen LogP contribution in [0.2, 0.25) is 0 Å². The second kappa shape index (κ2) is 7.35. The zero-order chi connectivity index (χ0) is 10.1. The second-order valence-corrected chi connectivity index (χ2v) is 2.31. The summed E-state index contributed by atoms with van der Waals surface area (Å²) in [6.07, 6.45) is 0. The van der Waals surface area contributed by atoms with Crippen LogP contribution in [0.25, 0.3) is 0 Å². The van der Waals surface area contributed by atoms with Crippen LogP contribution < -0.4 is 16.4 Å². The van der Waals surface area contributed by atoms with Gasteiger partial charge >= 0.3 is 6.03 Å². The van der Waals surface area contributed by atoms with Gasteiger partial charge in [-0.1, -0.05) is 0 Å². The fourth-order valence-electron chi connectivity index (χ4n) is 0.633. The van der Waals surface area contributed by atoms with Gasteiger partial charge in [0, 0.05) is 13.1 Å². The molecular weight excluding hydrogens is 174 g/mol. The van der Waals surface area contributed by atoms with Crippen LogP contribution in [0.15, 0.2) is 0 Å². The van der Waals surface area contributed by atoms with Crippen molar-refractivity contribution >= 4 is 11.9 Å². The molecule has 0 aromatic heterocycles. The Hall–Kier alpha value is -1.30. The first-order valence-electron chi connectivity index (χ1n) is 4.04. The summed E-state index contributed by atoms with van der Waals surface area (Å²) < 4.78 is 4.81. The summed E-state index contributed by atoms with van der Waals surface area (Å²) in [6.45, 7) is 2.92. The van der Waals surface area contributed by atoms with E-state index in [0.29, 0.717) is 13.1 Å². The summed E-state index contributed by atoms with van der Waals surface area (Å²) in [6, 6.07) is -0.245. The van der Waals surface area contributed by atoms with Crippen molar-refractivity contribution in [3.05, 3.63) is 0 Å². The minimum absolute atomic E-state index is 0.114. The van der Waals surface area contributed by atoms with Crippen LogP contribution in [0.1, 0.15) is 6.92 Å². The number of hydrogen-bond acceptors (Lipinski definition) is 3. The van der Waals surface area contributed by atoms with E-state index in [0.717, 1.165) is 0 Å². The molecule has 0 saturated carbocycles. The van der Waals surface area contributed by atoms with Gasteiger partial charge in [-0.2, -0.15) is 0 Å². The Balaban J connectivity index is 3.16. The Morgan fingerprint density at radius 2 is 2.08 bits per heavy atom. The highest BCUT2D eigenvalue weighted by Crippen LogP contribution is 1.72. The van der Waals surface area contributed by atoms with Crippen molar-refractivity contribution in [3.63, 3.8) is 0 Å². The lowest BCUT2D eigenvalue weighted by Gasteiger charge is -2.05. The summed E-state index contributed by atoms with van der Waals surface area (Å²) in [5, 5.41) is 5.08. The monoisotopic (exact) mass is 189 g/mol. The number of carbonyl (C=O) groups is 2. The van der Waals surface area contributed by atoms with Gasteiger partial charge in [0.25, 0.3) is 0 Å². The van der Waals surface area contributed by atoms with E-state index >= 15 is 0 Å². The quantitative estimate of drug-likeness (QED) is 0.458. The Kier molecular flexibility index (Phi) is 6.62. The van der Waals surface area contributed by atoms with E-state index in [4.69, 9.17) is 10.5 Å². The number of rotatable bonds is 6.